The Labute approximate surface area is 137 Å². The molecule has 1 aromatic carbocycles. The normalized spacial score (nSPS) is 20.7. The summed E-state index contributed by atoms with van der Waals surface area (Å²) >= 11 is 3.60. The Kier molecular flexibility index (Phi) is 6.08. The molecule has 1 heterocycles. The molecule has 118 valence electrons. The Morgan fingerprint density at radius 2 is 2.24 bits per heavy atom. The number of likely N-dealkylation sites (N-methyl/N-ethyl adjacent to an activating group) is 2. The fourth-order valence-corrected chi connectivity index (χ4v) is 3.69. The highest BCUT2D eigenvalue weighted by molar-refractivity contribution is 9.10. The first-order chi connectivity index (χ1) is 10.1. The number of halogens is 1. The van der Waals surface area contributed by atoms with Crippen LogP contribution in [0.2, 0.25) is 0 Å². The van der Waals surface area contributed by atoms with Crippen molar-refractivity contribution in [2.75, 3.05) is 38.6 Å². The van der Waals surface area contributed by atoms with Gasteiger partial charge in [-0.3, -0.25) is 4.90 Å². The van der Waals surface area contributed by atoms with Crippen LogP contribution < -0.4 is 10.2 Å². The molecule has 4 heteroatoms. The van der Waals surface area contributed by atoms with Crippen LogP contribution in [0.3, 0.4) is 0 Å². The van der Waals surface area contributed by atoms with E-state index >= 15 is 0 Å². The van der Waals surface area contributed by atoms with Crippen LogP contribution in [0, 0.1) is 0 Å². The maximum absolute atomic E-state index is 3.60. The molecule has 1 N–H and O–H groups in total. The van der Waals surface area contributed by atoms with Crippen molar-refractivity contribution in [3.05, 3.63) is 28.2 Å². The summed E-state index contributed by atoms with van der Waals surface area (Å²) in [5.74, 6) is 0. The summed E-state index contributed by atoms with van der Waals surface area (Å²) < 4.78 is 1.15. The Morgan fingerprint density at radius 3 is 2.90 bits per heavy atom. The average Bonchev–Trinajstić information content (AvgIpc) is 2.93. The minimum absolute atomic E-state index is 0.353. The summed E-state index contributed by atoms with van der Waals surface area (Å²) in [6.07, 6.45) is 2.66. The monoisotopic (exact) mass is 353 g/mol. The third-order valence-electron chi connectivity index (χ3n) is 4.69. The number of nitrogens with one attached hydrogen (secondary N) is 1. The van der Waals surface area contributed by atoms with E-state index < -0.39 is 0 Å². The van der Waals surface area contributed by atoms with E-state index in [1.165, 1.54) is 37.2 Å². The van der Waals surface area contributed by atoms with Crippen molar-refractivity contribution in [3.63, 3.8) is 0 Å². The molecule has 2 rings (SSSR count). The lowest BCUT2D eigenvalue weighted by molar-refractivity contribution is 0.270. The summed E-state index contributed by atoms with van der Waals surface area (Å²) in [6, 6.07) is 7.66. The Bertz CT molecular complexity index is 463. The summed E-state index contributed by atoms with van der Waals surface area (Å²) in [7, 11) is 4.24. The summed E-state index contributed by atoms with van der Waals surface area (Å²) in [5, 5.41) is 3.36. The first kappa shape index (κ1) is 16.8. The Balaban J connectivity index is 2.16. The van der Waals surface area contributed by atoms with E-state index in [1.54, 1.807) is 0 Å². The number of rotatable bonds is 6. The number of hydrogen-bond acceptors (Lipinski definition) is 3. The molecule has 1 saturated heterocycles. The molecular weight excluding hydrogens is 326 g/mol. The molecule has 1 aromatic rings. The first-order valence-electron chi connectivity index (χ1n) is 7.98. The number of hydrogen-bond donors (Lipinski definition) is 1. The lowest BCUT2D eigenvalue weighted by atomic mass is 10.0. The quantitative estimate of drug-likeness (QED) is 0.841. The predicted octanol–water partition coefficient (Wildman–Crippen LogP) is 3.65. The van der Waals surface area contributed by atoms with Crippen LogP contribution in [0.25, 0.3) is 0 Å². The van der Waals surface area contributed by atoms with Gasteiger partial charge in [-0.25, -0.2) is 0 Å². The summed E-state index contributed by atoms with van der Waals surface area (Å²) in [6.45, 7) is 8.02. The highest BCUT2D eigenvalue weighted by Crippen LogP contribution is 2.30. The SMILES string of the molecule is CCN1CCCC1CN(C)c1ccc(Br)cc1C(C)NC. The molecule has 0 bridgehead atoms. The minimum atomic E-state index is 0.353. The molecule has 0 aromatic heterocycles. The van der Waals surface area contributed by atoms with E-state index in [0.717, 1.165) is 11.0 Å². The standard InChI is InChI=1S/C17H28BrN3/c1-5-21-10-6-7-15(21)12-20(4)17-9-8-14(18)11-16(17)13(2)19-3/h8-9,11,13,15,19H,5-7,10,12H2,1-4H3. The van der Waals surface area contributed by atoms with Gasteiger partial charge in [-0.15, -0.1) is 0 Å². The molecule has 1 aliphatic rings. The second kappa shape index (κ2) is 7.61. The molecule has 2 atom stereocenters. The Hall–Kier alpha value is -0.580. The van der Waals surface area contributed by atoms with E-state index in [2.05, 4.69) is 70.1 Å². The van der Waals surface area contributed by atoms with Gasteiger partial charge in [-0.05, 0) is 63.7 Å². The molecule has 0 radical (unpaired) electrons. The van der Waals surface area contributed by atoms with Crippen LogP contribution in [0.1, 0.15) is 38.3 Å². The molecule has 2 unspecified atom stereocenters. The molecule has 21 heavy (non-hydrogen) atoms. The third kappa shape index (κ3) is 3.99. The van der Waals surface area contributed by atoms with Crippen molar-refractivity contribution >= 4 is 21.6 Å². The van der Waals surface area contributed by atoms with Crippen LogP contribution >= 0.6 is 15.9 Å². The largest absolute Gasteiger partial charge is 0.373 e. The second-order valence-corrected chi connectivity index (χ2v) is 6.93. The van der Waals surface area contributed by atoms with E-state index in [-0.39, 0.29) is 0 Å². The molecular formula is C17H28BrN3. The van der Waals surface area contributed by atoms with Crippen molar-refractivity contribution in [2.45, 2.75) is 38.8 Å². The van der Waals surface area contributed by atoms with Gasteiger partial charge in [-0.2, -0.15) is 0 Å². The van der Waals surface area contributed by atoms with Gasteiger partial charge in [-0.1, -0.05) is 22.9 Å². The van der Waals surface area contributed by atoms with Crippen molar-refractivity contribution < 1.29 is 0 Å². The highest BCUT2D eigenvalue weighted by Gasteiger charge is 2.25. The van der Waals surface area contributed by atoms with Gasteiger partial charge < -0.3 is 10.2 Å². The molecule has 3 nitrogen and oxygen atoms in total. The van der Waals surface area contributed by atoms with Gasteiger partial charge in [0.05, 0.1) is 0 Å². The zero-order chi connectivity index (χ0) is 15.4. The topological polar surface area (TPSA) is 18.5 Å². The Morgan fingerprint density at radius 1 is 1.48 bits per heavy atom. The lowest BCUT2D eigenvalue weighted by Crippen LogP contribution is -2.39. The average molecular weight is 354 g/mol. The van der Waals surface area contributed by atoms with Gasteiger partial charge in [0.15, 0.2) is 0 Å². The van der Waals surface area contributed by atoms with Gasteiger partial charge in [0.25, 0.3) is 0 Å². The lowest BCUT2D eigenvalue weighted by Gasteiger charge is -2.31. The third-order valence-corrected chi connectivity index (χ3v) is 5.18. The molecule has 0 amide bonds. The van der Waals surface area contributed by atoms with Gasteiger partial charge >= 0.3 is 0 Å². The first-order valence-corrected chi connectivity index (χ1v) is 8.78. The van der Waals surface area contributed by atoms with E-state index in [0.29, 0.717) is 12.1 Å². The van der Waals surface area contributed by atoms with Crippen molar-refractivity contribution in [1.82, 2.24) is 10.2 Å². The van der Waals surface area contributed by atoms with E-state index in [1.807, 2.05) is 7.05 Å². The number of benzene rings is 1. The fraction of sp³-hybridized carbons (Fsp3) is 0.647. The van der Waals surface area contributed by atoms with Crippen molar-refractivity contribution in [2.24, 2.45) is 0 Å². The minimum Gasteiger partial charge on any atom is -0.373 e. The zero-order valence-corrected chi connectivity index (χ0v) is 15.3. The number of likely N-dealkylation sites (tertiary alicyclic amines) is 1. The van der Waals surface area contributed by atoms with Crippen LogP contribution in [0.4, 0.5) is 5.69 Å². The molecule has 1 aliphatic heterocycles. The van der Waals surface area contributed by atoms with Crippen LogP contribution in [-0.4, -0.2) is 44.7 Å². The summed E-state index contributed by atoms with van der Waals surface area (Å²) in [4.78, 5) is 5.03. The van der Waals surface area contributed by atoms with Crippen LogP contribution in [0.5, 0.6) is 0 Å². The zero-order valence-electron chi connectivity index (χ0n) is 13.7. The van der Waals surface area contributed by atoms with Crippen molar-refractivity contribution in [3.8, 4) is 0 Å². The molecule has 0 saturated carbocycles. The van der Waals surface area contributed by atoms with Crippen molar-refractivity contribution in [1.29, 1.82) is 0 Å². The van der Waals surface area contributed by atoms with Gasteiger partial charge in [0.2, 0.25) is 0 Å². The second-order valence-electron chi connectivity index (χ2n) is 6.02. The predicted molar refractivity (Wildman–Crippen MR) is 95.2 cm³/mol. The maximum atomic E-state index is 3.60. The molecule has 1 fully saturated rings. The van der Waals surface area contributed by atoms with Crippen LogP contribution in [-0.2, 0) is 0 Å². The van der Waals surface area contributed by atoms with Gasteiger partial charge in [0, 0.05) is 35.8 Å². The smallest absolute Gasteiger partial charge is 0.0413 e. The molecule has 0 spiro atoms. The number of nitrogens with zero attached hydrogens (tertiary/aromatic N) is 2. The number of anilines is 1. The van der Waals surface area contributed by atoms with E-state index in [4.69, 9.17) is 0 Å². The highest BCUT2D eigenvalue weighted by atomic mass is 79.9. The van der Waals surface area contributed by atoms with E-state index in [9.17, 15) is 0 Å². The van der Waals surface area contributed by atoms with Gasteiger partial charge in [0.1, 0.15) is 0 Å². The van der Waals surface area contributed by atoms with Crippen LogP contribution in [0.15, 0.2) is 22.7 Å². The molecule has 0 aliphatic carbocycles. The summed E-state index contributed by atoms with van der Waals surface area (Å²) in [5.41, 5.74) is 2.69. The fourth-order valence-electron chi connectivity index (χ4n) is 3.31. The maximum Gasteiger partial charge on any atom is 0.0413 e.